The number of hydrogen-bond donors (Lipinski definition) is 0. The monoisotopic (exact) mass is 482 g/mol. The topological polar surface area (TPSA) is 42.4 Å². The van der Waals surface area contributed by atoms with Gasteiger partial charge in [0.2, 0.25) is 0 Å². The molecule has 1 aliphatic rings. The van der Waals surface area contributed by atoms with E-state index in [0.29, 0.717) is 18.3 Å². The number of thiazole rings is 1. The Morgan fingerprint density at radius 2 is 2.00 bits per heavy atom. The Kier molecular flexibility index (Phi) is 5.08. The first-order chi connectivity index (χ1) is 12.6. The van der Waals surface area contributed by atoms with Gasteiger partial charge in [0.1, 0.15) is 11.9 Å². The van der Waals surface area contributed by atoms with Gasteiger partial charge < -0.3 is 9.64 Å². The third kappa shape index (κ3) is 3.68. The molecule has 1 aliphatic heterocycles. The highest BCUT2D eigenvalue weighted by Gasteiger charge is 2.26. The average molecular weight is 482 g/mol. The predicted octanol–water partition coefficient (Wildman–Crippen LogP) is 4.72. The van der Waals surface area contributed by atoms with Crippen molar-refractivity contribution in [3.63, 3.8) is 0 Å². The fourth-order valence-electron chi connectivity index (χ4n) is 3.05. The van der Waals surface area contributed by atoms with Crippen LogP contribution in [0.1, 0.15) is 23.2 Å². The highest BCUT2D eigenvalue weighted by molar-refractivity contribution is 14.1. The van der Waals surface area contributed by atoms with Crippen molar-refractivity contribution in [2.45, 2.75) is 18.9 Å². The molecule has 4 rings (SSSR count). The number of nitrogens with zero attached hydrogens (tertiary/aromatic N) is 2. The fourth-order valence-corrected chi connectivity index (χ4v) is 4.58. The van der Waals surface area contributed by atoms with Gasteiger partial charge in [0.15, 0.2) is 0 Å². The lowest BCUT2D eigenvalue weighted by Gasteiger charge is -2.31. The van der Waals surface area contributed by atoms with Gasteiger partial charge in [-0.25, -0.2) is 9.37 Å². The van der Waals surface area contributed by atoms with Gasteiger partial charge in [0.25, 0.3) is 11.1 Å². The van der Waals surface area contributed by atoms with E-state index in [9.17, 15) is 9.18 Å². The van der Waals surface area contributed by atoms with Crippen molar-refractivity contribution in [1.82, 2.24) is 9.88 Å². The summed E-state index contributed by atoms with van der Waals surface area (Å²) >= 11 is 3.55. The molecule has 1 amide bonds. The van der Waals surface area contributed by atoms with Crippen LogP contribution in [0.2, 0.25) is 0 Å². The minimum absolute atomic E-state index is 0.0271. The molecule has 2 aromatic carbocycles. The molecule has 0 spiro atoms. The summed E-state index contributed by atoms with van der Waals surface area (Å²) in [5, 5.41) is 0.563. The van der Waals surface area contributed by atoms with Gasteiger partial charge in [-0.2, -0.15) is 0 Å². The molecular weight excluding hydrogens is 466 g/mol. The molecule has 1 saturated heterocycles. The molecule has 0 radical (unpaired) electrons. The molecule has 1 fully saturated rings. The second kappa shape index (κ2) is 7.48. The Morgan fingerprint density at radius 3 is 2.77 bits per heavy atom. The van der Waals surface area contributed by atoms with E-state index >= 15 is 0 Å². The SMILES string of the molecule is O=C(c1ccccc1I)N1CCC(Oc2nc3ccc(F)cc3s2)CC1. The van der Waals surface area contributed by atoms with E-state index in [1.165, 1.54) is 23.5 Å². The number of fused-ring (bicyclic) bond motifs is 1. The normalized spacial score (nSPS) is 15.4. The van der Waals surface area contributed by atoms with E-state index in [1.54, 1.807) is 6.07 Å². The second-order valence-electron chi connectivity index (χ2n) is 6.18. The van der Waals surface area contributed by atoms with E-state index in [1.807, 2.05) is 29.2 Å². The number of ether oxygens (including phenoxy) is 1. The van der Waals surface area contributed by atoms with Crippen LogP contribution in [0.4, 0.5) is 4.39 Å². The standard InChI is InChI=1S/C19H16FIN2O2S/c20-12-5-6-16-17(11-12)26-19(22-16)25-13-7-9-23(10-8-13)18(24)14-3-1-2-4-15(14)21/h1-6,11,13H,7-10H2. The van der Waals surface area contributed by atoms with Gasteiger partial charge in [0.05, 0.1) is 15.8 Å². The summed E-state index contributed by atoms with van der Waals surface area (Å²) in [6, 6.07) is 12.2. The Labute approximate surface area is 168 Å². The van der Waals surface area contributed by atoms with E-state index in [0.717, 1.165) is 32.2 Å². The van der Waals surface area contributed by atoms with Crippen molar-refractivity contribution in [3.8, 4) is 5.19 Å². The third-order valence-electron chi connectivity index (χ3n) is 4.43. The third-order valence-corrected chi connectivity index (χ3v) is 6.28. The van der Waals surface area contributed by atoms with Crippen molar-refractivity contribution in [2.24, 2.45) is 0 Å². The van der Waals surface area contributed by atoms with Gasteiger partial charge in [-0.05, 0) is 52.9 Å². The van der Waals surface area contributed by atoms with Gasteiger partial charge in [-0.3, -0.25) is 4.79 Å². The lowest BCUT2D eigenvalue weighted by Crippen LogP contribution is -2.42. The number of aromatic nitrogens is 1. The molecule has 2 heterocycles. The molecule has 7 heteroatoms. The number of likely N-dealkylation sites (tertiary alicyclic amines) is 1. The van der Waals surface area contributed by atoms with Crippen LogP contribution in [0.3, 0.4) is 0 Å². The van der Waals surface area contributed by atoms with Crippen molar-refractivity contribution >= 4 is 50.1 Å². The zero-order valence-electron chi connectivity index (χ0n) is 13.8. The largest absolute Gasteiger partial charge is 0.467 e. The van der Waals surface area contributed by atoms with Crippen molar-refractivity contribution in [1.29, 1.82) is 0 Å². The summed E-state index contributed by atoms with van der Waals surface area (Å²) in [5.41, 5.74) is 1.50. The van der Waals surface area contributed by atoms with Crippen LogP contribution >= 0.6 is 33.9 Å². The number of rotatable bonds is 3. The van der Waals surface area contributed by atoms with Gasteiger partial charge in [-0.15, -0.1) is 0 Å². The summed E-state index contributed by atoms with van der Waals surface area (Å²) in [7, 11) is 0. The summed E-state index contributed by atoms with van der Waals surface area (Å²) in [4.78, 5) is 19.0. The quantitative estimate of drug-likeness (QED) is 0.508. The minimum Gasteiger partial charge on any atom is -0.467 e. The van der Waals surface area contributed by atoms with Gasteiger partial charge in [0, 0.05) is 29.5 Å². The van der Waals surface area contributed by atoms with Crippen LogP contribution in [0.5, 0.6) is 5.19 Å². The minimum atomic E-state index is -0.268. The number of amides is 1. The van der Waals surface area contributed by atoms with E-state index in [4.69, 9.17) is 4.74 Å². The maximum Gasteiger partial charge on any atom is 0.274 e. The molecule has 26 heavy (non-hydrogen) atoms. The van der Waals surface area contributed by atoms with Crippen LogP contribution < -0.4 is 4.74 Å². The van der Waals surface area contributed by atoms with E-state index in [2.05, 4.69) is 27.6 Å². The molecule has 134 valence electrons. The van der Waals surface area contributed by atoms with E-state index in [-0.39, 0.29) is 17.8 Å². The summed E-state index contributed by atoms with van der Waals surface area (Å²) < 4.78 is 21.0. The Hall–Kier alpha value is -1.74. The van der Waals surface area contributed by atoms with Crippen molar-refractivity contribution in [3.05, 3.63) is 57.4 Å². The Bertz CT molecular complexity index is 954. The number of piperidine rings is 1. The molecular formula is C19H16FIN2O2S. The molecule has 0 unspecified atom stereocenters. The number of carbonyl (C=O) groups excluding carboxylic acids is 1. The Balaban J connectivity index is 1.38. The van der Waals surface area contributed by atoms with Gasteiger partial charge >= 0.3 is 0 Å². The predicted molar refractivity (Wildman–Crippen MR) is 108 cm³/mol. The smallest absolute Gasteiger partial charge is 0.274 e. The van der Waals surface area contributed by atoms with Crippen molar-refractivity contribution in [2.75, 3.05) is 13.1 Å². The molecule has 0 aliphatic carbocycles. The first-order valence-electron chi connectivity index (χ1n) is 8.37. The van der Waals surface area contributed by atoms with Crippen LogP contribution in [0.15, 0.2) is 42.5 Å². The molecule has 0 atom stereocenters. The number of carbonyl (C=O) groups is 1. The highest BCUT2D eigenvalue weighted by Crippen LogP contribution is 2.30. The molecule has 4 nitrogen and oxygen atoms in total. The molecule has 0 N–H and O–H groups in total. The molecule has 3 aromatic rings. The van der Waals surface area contributed by atoms with Crippen LogP contribution in [-0.2, 0) is 0 Å². The van der Waals surface area contributed by atoms with Crippen LogP contribution in [0, 0.1) is 9.39 Å². The van der Waals surface area contributed by atoms with Gasteiger partial charge in [-0.1, -0.05) is 23.5 Å². The van der Waals surface area contributed by atoms with E-state index < -0.39 is 0 Å². The summed E-state index contributed by atoms with van der Waals surface area (Å²) in [5.74, 6) is -0.195. The first kappa shape index (κ1) is 17.7. The molecule has 0 bridgehead atoms. The van der Waals surface area contributed by atoms with Crippen molar-refractivity contribution < 1.29 is 13.9 Å². The summed E-state index contributed by atoms with van der Waals surface area (Å²) in [6.07, 6.45) is 1.55. The zero-order chi connectivity index (χ0) is 18.1. The summed E-state index contributed by atoms with van der Waals surface area (Å²) in [6.45, 7) is 1.32. The van der Waals surface area contributed by atoms with Crippen LogP contribution in [0.25, 0.3) is 10.2 Å². The molecule has 0 saturated carbocycles. The average Bonchev–Trinajstić information content (AvgIpc) is 3.03. The maximum absolute atomic E-state index is 13.3. The lowest BCUT2D eigenvalue weighted by atomic mass is 10.1. The zero-order valence-corrected chi connectivity index (χ0v) is 16.8. The molecule has 1 aromatic heterocycles. The maximum atomic E-state index is 13.3. The highest BCUT2D eigenvalue weighted by atomic mass is 127. The fraction of sp³-hybridized carbons (Fsp3) is 0.263. The number of halogens is 2. The number of benzene rings is 2. The number of hydrogen-bond acceptors (Lipinski definition) is 4. The first-order valence-corrected chi connectivity index (χ1v) is 10.3. The lowest BCUT2D eigenvalue weighted by molar-refractivity contribution is 0.0594. The second-order valence-corrected chi connectivity index (χ2v) is 8.34. The van der Waals surface area contributed by atoms with Crippen LogP contribution in [-0.4, -0.2) is 35.0 Å². The Morgan fingerprint density at radius 1 is 1.23 bits per heavy atom.